The second-order valence-corrected chi connectivity index (χ2v) is 7.24. The highest BCUT2D eigenvalue weighted by Gasteiger charge is 2.47. The van der Waals surface area contributed by atoms with Gasteiger partial charge in [-0.1, -0.05) is 30.3 Å². The summed E-state index contributed by atoms with van der Waals surface area (Å²) in [5, 5.41) is 14.3. The predicted octanol–water partition coefficient (Wildman–Crippen LogP) is 1.65. The van der Waals surface area contributed by atoms with E-state index in [1.54, 1.807) is 41.3 Å². The largest absolute Gasteiger partial charge is 0.350 e. The van der Waals surface area contributed by atoms with E-state index in [-0.39, 0.29) is 36.9 Å². The molecular formula is C22H20N4O3. The fourth-order valence-electron chi connectivity index (χ4n) is 3.61. The Bertz CT molecular complexity index is 1020. The molecule has 2 N–H and O–H groups in total. The molecule has 29 heavy (non-hydrogen) atoms. The summed E-state index contributed by atoms with van der Waals surface area (Å²) in [6.45, 7) is 0.0886. The minimum Gasteiger partial charge on any atom is -0.350 e. The van der Waals surface area contributed by atoms with E-state index in [0.717, 1.165) is 18.4 Å². The zero-order valence-corrected chi connectivity index (χ0v) is 15.7. The van der Waals surface area contributed by atoms with Crippen LogP contribution >= 0.6 is 0 Å². The summed E-state index contributed by atoms with van der Waals surface area (Å²) in [6, 6.07) is 15.5. The first-order valence-corrected chi connectivity index (χ1v) is 9.53. The zero-order valence-electron chi connectivity index (χ0n) is 15.7. The molecule has 0 radical (unpaired) electrons. The number of carbonyl (C=O) groups is 3. The second-order valence-electron chi connectivity index (χ2n) is 7.24. The Balaban J connectivity index is 1.37. The predicted molar refractivity (Wildman–Crippen MR) is 104 cm³/mol. The molecule has 2 aromatic carbocycles. The quantitative estimate of drug-likeness (QED) is 0.785. The Kier molecular flexibility index (Phi) is 5.00. The molecule has 3 amide bonds. The Morgan fingerprint density at radius 2 is 1.90 bits per heavy atom. The monoisotopic (exact) mass is 388 g/mol. The molecule has 2 aromatic rings. The van der Waals surface area contributed by atoms with Gasteiger partial charge in [0.05, 0.1) is 18.2 Å². The molecule has 1 fully saturated rings. The molecule has 7 heteroatoms. The lowest BCUT2D eigenvalue weighted by Crippen LogP contribution is -2.43. The van der Waals surface area contributed by atoms with Gasteiger partial charge in [-0.2, -0.15) is 5.26 Å². The van der Waals surface area contributed by atoms with Gasteiger partial charge < -0.3 is 15.5 Å². The molecule has 146 valence electrons. The smallest absolute Gasteiger partial charge is 0.255 e. The average molecular weight is 388 g/mol. The Hall–Kier alpha value is -3.66. The molecule has 1 heterocycles. The maximum absolute atomic E-state index is 12.8. The summed E-state index contributed by atoms with van der Waals surface area (Å²) in [5.41, 5.74) is 2.57. The molecule has 4 rings (SSSR count). The van der Waals surface area contributed by atoms with Gasteiger partial charge in [0.15, 0.2) is 0 Å². The summed E-state index contributed by atoms with van der Waals surface area (Å²) in [6.07, 6.45) is 1.79. The molecule has 0 bridgehead atoms. The van der Waals surface area contributed by atoms with E-state index in [4.69, 9.17) is 5.26 Å². The normalized spacial score (nSPS) is 17.4. The number of rotatable bonds is 6. The summed E-state index contributed by atoms with van der Waals surface area (Å²) < 4.78 is 0. The third kappa shape index (κ3) is 3.83. The highest BCUT2D eigenvalue weighted by molar-refractivity contribution is 6.05. The lowest BCUT2D eigenvalue weighted by atomic mass is 10.0. The van der Waals surface area contributed by atoms with E-state index in [9.17, 15) is 14.4 Å². The summed E-state index contributed by atoms with van der Waals surface area (Å²) in [7, 11) is 0. The first-order valence-electron chi connectivity index (χ1n) is 9.53. The Morgan fingerprint density at radius 1 is 1.10 bits per heavy atom. The number of nitriles is 1. The van der Waals surface area contributed by atoms with Crippen LogP contribution in [0.1, 0.15) is 45.9 Å². The van der Waals surface area contributed by atoms with E-state index in [1.165, 1.54) is 0 Å². The van der Waals surface area contributed by atoms with Gasteiger partial charge in [-0.25, -0.2) is 0 Å². The summed E-state index contributed by atoms with van der Waals surface area (Å²) >= 11 is 0. The van der Waals surface area contributed by atoms with Crippen molar-refractivity contribution in [3.63, 3.8) is 0 Å². The SMILES string of the molecule is N#Cc1cccc(CNC(=O)CNC(=O)C2c3ccccc3C(=O)N2C2CC2)c1. The lowest BCUT2D eigenvalue weighted by Gasteiger charge is -2.24. The van der Waals surface area contributed by atoms with Crippen molar-refractivity contribution >= 4 is 17.7 Å². The first kappa shape index (κ1) is 18.7. The van der Waals surface area contributed by atoms with Crippen molar-refractivity contribution in [2.24, 2.45) is 0 Å². The van der Waals surface area contributed by atoms with Crippen LogP contribution in [0.4, 0.5) is 0 Å². The molecule has 1 aliphatic heterocycles. The van der Waals surface area contributed by atoms with E-state index < -0.39 is 6.04 Å². The number of hydrogen-bond acceptors (Lipinski definition) is 4. The van der Waals surface area contributed by atoms with Gasteiger partial charge in [0.2, 0.25) is 11.8 Å². The molecule has 1 saturated carbocycles. The van der Waals surface area contributed by atoms with Crippen LogP contribution in [-0.4, -0.2) is 35.2 Å². The third-order valence-corrected chi connectivity index (χ3v) is 5.16. The second kappa shape index (κ2) is 7.76. The van der Waals surface area contributed by atoms with Crippen molar-refractivity contribution < 1.29 is 14.4 Å². The zero-order chi connectivity index (χ0) is 20.4. The molecule has 1 atom stereocenters. The highest BCUT2D eigenvalue weighted by atomic mass is 16.2. The molecule has 1 aliphatic carbocycles. The van der Waals surface area contributed by atoms with Gasteiger partial charge in [0.1, 0.15) is 6.04 Å². The highest BCUT2D eigenvalue weighted by Crippen LogP contribution is 2.41. The number of nitrogens with zero attached hydrogens (tertiary/aromatic N) is 2. The van der Waals surface area contributed by atoms with Crippen molar-refractivity contribution in [1.29, 1.82) is 5.26 Å². The molecular weight excluding hydrogens is 368 g/mol. The fraction of sp³-hybridized carbons (Fsp3) is 0.273. The standard InChI is InChI=1S/C22H20N4O3/c23-11-14-4-3-5-15(10-14)12-24-19(27)13-25-21(28)20-17-6-1-2-7-18(17)22(29)26(20)16-8-9-16/h1-7,10,16,20H,8-9,12-13H2,(H,24,27)(H,25,28). The van der Waals surface area contributed by atoms with Gasteiger partial charge >= 0.3 is 0 Å². The number of benzene rings is 2. The van der Waals surface area contributed by atoms with E-state index >= 15 is 0 Å². The third-order valence-electron chi connectivity index (χ3n) is 5.16. The Labute approximate surface area is 168 Å². The van der Waals surface area contributed by atoms with Crippen molar-refractivity contribution in [1.82, 2.24) is 15.5 Å². The van der Waals surface area contributed by atoms with Crippen LogP contribution in [0.15, 0.2) is 48.5 Å². The number of carbonyl (C=O) groups excluding carboxylic acids is 3. The van der Waals surface area contributed by atoms with Crippen molar-refractivity contribution in [3.8, 4) is 6.07 Å². The average Bonchev–Trinajstić information content (AvgIpc) is 3.54. The molecule has 2 aliphatic rings. The van der Waals surface area contributed by atoms with Crippen LogP contribution in [0, 0.1) is 11.3 Å². The molecule has 7 nitrogen and oxygen atoms in total. The van der Waals surface area contributed by atoms with Crippen LogP contribution in [0.3, 0.4) is 0 Å². The van der Waals surface area contributed by atoms with Crippen molar-refractivity contribution in [2.75, 3.05) is 6.54 Å². The minimum atomic E-state index is -0.689. The van der Waals surface area contributed by atoms with Gasteiger partial charge in [-0.05, 0) is 42.2 Å². The number of hydrogen-bond donors (Lipinski definition) is 2. The van der Waals surface area contributed by atoms with Crippen molar-refractivity contribution in [3.05, 3.63) is 70.8 Å². The summed E-state index contributed by atoms with van der Waals surface area (Å²) in [5.74, 6) is -0.807. The van der Waals surface area contributed by atoms with E-state index in [1.807, 2.05) is 12.1 Å². The number of fused-ring (bicyclic) bond motifs is 1. The van der Waals surface area contributed by atoms with Crippen LogP contribution in [0.25, 0.3) is 0 Å². The Morgan fingerprint density at radius 3 is 2.66 bits per heavy atom. The summed E-state index contributed by atoms with van der Waals surface area (Å²) in [4.78, 5) is 39.3. The van der Waals surface area contributed by atoms with Gasteiger partial charge in [-0.3, -0.25) is 14.4 Å². The number of amides is 3. The number of nitrogens with one attached hydrogen (secondary N) is 2. The van der Waals surface area contributed by atoms with E-state index in [2.05, 4.69) is 16.7 Å². The van der Waals surface area contributed by atoms with Crippen LogP contribution in [-0.2, 0) is 16.1 Å². The van der Waals surface area contributed by atoms with Crippen LogP contribution in [0.5, 0.6) is 0 Å². The van der Waals surface area contributed by atoms with Gasteiger partial charge in [0.25, 0.3) is 5.91 Å². The van der Waals surface area contributed by atoms with Crippen LogP contribution in [0.2, 0.25) is 0 Å². The topological polar surface area (TPSA) is 102 Å². The maximum Gasteiger partial charge on any atom is 0.255 e. The lowest BCUT2D eigenvalue weighted by molar-refractivity contribution is -0.129. The minimum absolute atomic E-state index is 0.0897. The molecule has 1 unspecified atom stereocenters. The maximum atomic E-state index is 12.8. The first-order chi connectivity index (χ1) is 14.1. The van der Waals surface area contributed by atoms with Crippen LogP contribution < -0.4 is 10.6 Å². The van der Waals surface area contributed by atoms with Crippen molar-refractivity contribution in [2.45, 2.75) is 31.5 Å². The fourth-order valence-corrected chi connectivity index (χ4v) is 3.61. The van der Waals surface area contributed by atoms with E-state index in [0.29, 0.717) is 16.7 Å². The molecule has 0 saturated heterocycles. The molecule has 0 spiro atoms. The van der Waals surface area contributed by atoms with Gasteiger partial charge in [0, 0.05) is 18.2 Å². The van der Waals surface area contributed by atoms with Gasteiger partial charge in [-0.15, -0.1) is 0 Å². The molecule has 0 aromatic heterocycles.